The fourth-order valence-corrected chi connectivity index (χ4v) is 3.61. The van der Waals surface area contributed by atoms with Gasteiger partial charge in [-0.25, -0.2) is 4.39 Å². The zero-order chi connectivity index (χ0) is 17.4. The van der Waals surface area contributed by atoms with Crippen molar-refractivity contribution in [3.63, 3.8) is 0 Å². The van der Waals surface area contributed by atoms with E-state index in [1.54, 1.807) is 12.1 Å². The Labute approximate surface area is 145 Å². The minimum absolute atomic E-state index is 0.253. The van der Waals surface area contributed by atoms with Crippen molar-refractivity contribution in [2.24, 2.45) is 0 Å². The molecular formula is C20H20FN3O. The first-order chi connectivity index (χ1) is 12.2. The number of nitrogens with two attached hydrogens (primary N) is 1. The van der Waals surface area contributed by atoms with Crippen molar-refractivity contribution in [3.05, 3.63) is 59.5 Å². The fraction of sp³-hybridized carbons (Fsp3) is 0.250. The van der Waals surface area contributed by atoms with E-state index in [4.69, 9.17) is 15.9 Å². The van der Waals surface area contributed by atoms with Crippen LogP contribution in [0.25, 0.3) is 16.6 Å². The third-order valence-corrected chi connectivity index (χ3v) is 4.91. The van der Waals surface area contributed by atoms with E-state index < -0.39 is 0 Å². The van der Waals surface area contributed by atoms with Gasteiger partial charge in [0.15, 0.2) is 0 Å². The Balaban J connectivity index is 1.97. The van der Waals surface area contributed by atoms with Crippen LogP contribution in [-0.2, 0) is 4.74 Å². The minimum atomic E-state index is -0.253. The molecule has 25 heavy (non-hydrogen) atoms. The van der Waals surface area contributed by atoms with Crippen LogP contribution in [0.4, 0.5) is 10.1 Å². The first kappa shape index (κ1) is 15.8. The first-order valence-corrected chi connectivity index (χ1v) is 8.46. The highest BCUT2D eigenvalue weighted by Gasteiger charge is 2.22. The molecule has 1 fully saturated rings. The summed E-state index contributed by atoms with van der Waals surface area (Å²) in [6, 6.07) is 12.5. The maximum absolute atomic E-state index is 13.4. The Bertz CT molecular complexity index is 924. The number of benzene rings is 2. The van der Waals surface area contributed by atoms with Gasteiger partial charge in [-0.05, 0) is 55.3 Å². The van der Waals surface area contributed by atoms with E-state index in [-0.39, 0.29) is 5.82 Å². The van der Waals surface area contributed by atoms with E-state index >= 15 is 0 Å². The topological polar surface area (TPSA) is 64.0 Å². The number of halogens is 1. The van der Waals surface area contributed by atoms with Gasteiger partial charge in [-0.15, -0.1) is 0 Å². The lowest BCUT2D eigenvalue weighted by molar-refractivity contribution is 0.0842. The highest BCUT2D eigenvalue weighted by Crippen LogP contribution is 2.35. The summed E-state index contributed by atoms with van der Waals surface area (Å²) in [5.41, 5.74) is 10.4. The summed E-state index contributed by atoms with van der Waals surface area (Å²) in [6.45, 7) is 1.51. The molecule has 5 heteroatoms. The molecule has 2 heterocycles. The number of hydrogen-bond acceptors (Lipinski definition) is 3. The van der Waals surface area contributed by atoms with Crippen molar-refractivity contribution in [1.29, 1.82) is 5.41 Å². The van der Waals surface area contributed by atoms with Crippen LogP contribution in [0.5, 0.6) is 0 Å². The average molecular weight is 337 g/mol. The number of rotatable bonds is 3. The summed E-state index contributed by atoms with van der Waals surface area (Å²) < 4.78 is 21.1. The highest BCUT2D eigenvalue weighted by atomic mass is 19.1. The Kier molecular flexibility index (Phi) is 4.01. The van der Waals surface area contributed by atoms with Crippen LogP contribution in [0.2, 0.25) is 0 Å². The number of nitrogen functional groups attached to an aromatic ring is 1. The molecule has 0 atom stereocenters. The number of anilines is 1. The lowest BCUT2D eigenvalue weighted by Gasteiger charge is -2.24. The molecule has 3 aromatic rings. The highest BCUT2D eigenvalue weighted by molar-refractivity contribution is 5.95. The summed E-state index contributed by atoms with van der Waals surface area (Å²) in [7, 11) is 0. The monoisotopic (exact) mass is 337 g/mol. The molecule has 1 saturated heterocycles. The Morgan fingerprint density at radius 2 is 1.84 bits per heavy atom. The first-order valence-electron chi connectivity index (χ1n) is 8.46. The molecule has 128 valence electrons. The van der Waals surface area contributed by atoms with Crippen LogP contribution in [-0.4, -0.2) is 24.0 Å². The predicted octanol–water partition coefficient (Wildman–Crippen LogP) is 4.24. The minimum Gasteiger partial charge on any atom is -0.398 e. The van der Waals surface area contributed by atoms with Crippen molar-refractivity contribution < 1.29 is 9.13 Å². The quantitative estimate of drug-likeness (QED) is 0.554. The normalized spacial score (nSPS) is 15.6. The molecule has 1 aliphatic rings. The van der Waals surface area contributed by atoms with E-state index in [0.29, 0.717) is 17.2 Å². The van der Waals surface area contributed by atoms with Crippen LogP contribution in [0, 0.1) is 11.2 Å². The van der Waals surface area contributed by atoms with Gasteiger partial charge in [0.2, 0.25) is 0 Å². The molecule has 2 aromatic carbocycles. The molecule has 3 N–H and O–H groups in total. The predicted molar refractivity (Wildman–Crippen MR) is 98.3 cm³/mol. The molecule has 0 amide bonds. The number of nitrogens with one attached hydrogen (secondary N) is 1. The van der Waals surface area contributed by atoms with Crippen LogP contribution >= 0.6 is 0 Å². The van der Waals surface area contributed by atoms with Gasteiger partial charge in [0, 0.05) is 53.4 Å². The van der Waals surface area contributed by atoms with Crippen LogP contribution in [0.1, 0.15) is 30.0 Å². The number of ether oxygens (including phenoxy) is 1. The van der Waals surface area contributed by atoms with E-state index in [2.05, 4.69) is 10.6 Å². The van der Waals surface area contributed by atoms with Crippen molar-refractivity contribution in [2.75, 3.05) is 18.9 Å². The summed E-state index contributed by atoms with van der Waals surface area (Å²) in [5.74, 6) is 0.133. The lowest BCUT2D eigenvalue weighted by Crippen LogP contribution is -2.16. The number of hydrogen-bond donors (Lipinski definition) is 2. The fourth-order valence-electron chi connectivity index (χ4n) is 3.61. The molecule has 4 nitrogen and oxygen atoms in total. The summed E-state index contributed by atoms with van der Waals surface area (Å²) in [5, 5.41) is 8.62. The Morgan fingerprint density at radius 1 is 1.12 bits per heavy atom. The van der Waals surface area contributed by atoms with Crippen molar-refractivity contribution in [3.8, 4) is 5.69 Å². The summed E-state index contributed by atoms with van der Waals surface area (Å²) in [6.07, 6.45) is 3.19. The molecule has 0 radical (unpaired) electrons. The SMILES string of the molecule is N=Cc1cc2c(cc1N)cc(C1CCOCC1)n2-c1ccc(F)cc1. The molecule has 0 unspecified atom stereocenters. The lowest BCUT2D eigenvalue weighted by atomic mass is 9.96. The summed E-state index contributed by atoms with van der Waals surface area (Å²) in [4.78, 5) is 0. The van der Waals surface area contributed by atoms with Crippen molar-refractivity contribution >= 4 is 22.8 Å². The van der Waals surface area contributed by atoms with Crippen LogP contribution < -0.4 is 5.73 Å². The van der Waals surface area contributed by atoms with Crippen molar-refractivity contribution in [1.82, 2.24) is 4.57 Å². The van der Waals surface area contributed by atoms with E-state index in [0.717, 1.165) is 42.6 Å². The maximum atomic E-state index is 13.4. The second-order valence-corrected chi connectivity index (χ2v) is 6.45. The molecule has 0 saturated carbocycles. The molecule has 0 aliphatic carbocycles. The maximum Gasteiger partial charge on any atom is 0.123 e. The molecular weight excluding hydrogens is 317 g/mol. The van der Waals surface area contributed by atoms with Gasteiger partial charge in [-0.3, -0.25) is 0 Å². The Hall–Kier alpha value is -2.66. The summed E-state index contributed by atoms with van der Waals surface area (Å²) >= 11 is 0. The standard InChI is InChI=1S/C20H20FN3O/c21-16-1-3-17(4-2-16)24-19(13-5-7-25-8-6-13)10-14-9-18(23)15(12-22)11-20(14)24/h1-4,9-13,22H,5-8,23H2. The van der Waals surface area contributed by atoms with Gasteiger partial charge >= 0.3 is 0 Å². The largest absolute Gasteiger partial charge is 0.398 e. The van der Waals surface area contributed by atoms with Gasteiger partial charge < -0.3 is 20.4 Å². The number of nitrogens with zero attached hydrogens (tertiary/aromatic N) is 1. The van der Waals surface area contributed by atoms with E-state index in [1.165, 1.54) is 24.0 Å². The van der Waals surface area contributed by atoms with Gasteiger partial charge in [0.25, 0.3) is 0 Å². The van der Waals surface area contributed by atoms with Crippen LogP contribution in [0.3, 0.4) is 0 Å². The third kappa shape index (κ3) is 2.81. The molecule has 0 spiro atoms. The van der Waals surface area contributed by atoms with E-state index in [1.807, 2.05) is 12.1 Å². The van der Waals surface area contributed by atoms with Gasteiger partial charge in [-0.2, -0.15) is 0 Å². The van der Waals surface area contributed by atoms with Gasteiger partial charge in [-0.1, -0.05) is 0 Å². The van der Waals surface area contributed by atoms with Crippen LogP contribution in [0.15, 0.2) is 42.5 Å². The zero-order valence-electron chi connectivity index (χ0n) is 13.8. The number of aromatic nitrogens is 1. The second-order valence-electron chi connectivity index (χ2n) is 6.45. The second kappa shape index (κ2) is 6.33. The molecule has 1 aromatic heterocycles. The molecule has 4 rings (SSSR count). The van der Waals surface area contributed by atoms with Gasteiger partial charge in [0.05, 0.1) is 5.52 Å². The number of fused-ring (bicyclic) bond motifs is 1. The Morgan fingerprint density at radius 3 is 2.52 bits per heavy atom. The smallest absolute Gasteiger partial charge is 0.123 e. The third-order valence-electron chi connectivity index (χ3n) is 4.91. The van der Waals surface area contributed by atoms with E-state index in [9.17, 15) is 4.39 Å². The van der Waals surface area contributed by atoms with Crippen molar-refractivity contribution in [2.45, 2.75) is 18.8 Å². The molecule has 0 bridgehead atoms. The van der Waals surface area contributed by atoms with Gasteiger partial charge in [0.1, 0.15) is 5.82 Å². The zero-order valence-corrected chi connectivity index (χ0v) is 13.8. The molecule has 1 aliphatic heterocycles. The average Bonchev–Trinajstić information content (AvgIpc) is 3.00.